The topological polar surface area (TPSA) is 26.3 Å². The molecule has 0 saturated carbocycles. The predicted octanol–water partition coefficient (Wildman–Crippen LogP) is 12.1. The monoisotopic (exact) mass is 572 g/mol. The number of para-hydroxylation sites is 2. The highest BCUT2D eigenvalue weighted by Crippen LogP contribution is 2.48. The Hall–Kier alpha value is -5.08. The SMILES string of the molecule is Cc1ccc2c(c1)C(C)(C)c1ccccc1-2.Cc1ccc2c(c1)oc1ccccc12.Cc1ccc2oc3ccccc3c2c1. The van der Waals surface area contributed by atoms with Gasteiger partial charge in [0.25, 0.3) is 0 Å². The molecular formula is C42H36O2. The quantitative estimate of drug-likeness (QED) is 0.181. The summed E-state index contributed by atoms with van der Waals surface area (Å²) >= 11 is 0. The van der Waals surface area contributed by atoms with E-state index in [4.69, 9.17) is 8.83 Å². The third-order valence-electron chi connectivity index (χ3n) is 8.81. The van der Waals surface area contributed by atoms with Crippen LogP contribution in [0.5, 0.6) is 0 Å². The van der Waals surface area contributed by atoms with Crippen LogP contribution in [-0.4, -0.2) is 0 Å². The lowest BCUT2D eigenvalue weighted by Gasteiger charge is -2.21. The van der Waals surface area contributed by atoms with Gasteiger partial charge in [-0.3, -0.25) is 0 Å². The number of benzene rings is 6. The average Bonchev–Trinajstić information content (AvgIpc) is 3.65. The van der Waals surface area contributed by atoms with E-state index in [0.717, 1.165) is 22.3 Å². The summed E-state index contributed by atoms with van der Waals surface area (Å²) in [5.41, 5.74) is 13.6. The van der Waals surface area contributed by atoms with Gasteiger partial charge >= 0.3 is 0 Å². The molecule has 0 atom stereocenters. The number of rotatable bonds is 0. The first-order valence-electron chi connectivity index (χ1n) is 15.3. The van der Waals surface area contributed by atoms with Gasteiger partial charge in [0.1, 0.15) is 22.3 Å². The highest BCUT2D eigenvalue weighted by molar-refractivity contribution is 6.05. The maximum atomic E-state index is 5.73. The van der Waals surface area contributed by atoms with Crippen LogP contribution in [0.25, 0.3) is 55.0 Å². The van der Waals surface area contributed by atoms with Crippen LogP contribution in [0.2, 0.25) is 0 Å². The Bertz CT molecular complexity index is 2290. The summed E-state index contributed by atoms with van der Waals surface area (Å²) in [5, 5.41) is 4.81. The molecule has 0 spiro atoms. The zero-order chi connectivity index (χ0) is 30.4. The molecule has 2 nitrogen and oxygen atoms in total. The minimum Gasteiger partial charge on any atom is -0.456 e. The van der Waals surface area contributed by atoms with Crippen molar-refractivity contribution in [2.45, 2.75) is 40.0 Å². The molecule has 0 fully saturated rings. The maximum Gasteiger partial charge on any atom is 0.135 e. The second-order valence-corrected chi connectivity index (χ2v) is 12.4. The summed E-state index contributed by atoms with van der Waals surface area (Å²) < 4.78 is 11.4. The number of furan rings is 2. The molecule has 1 aliphatic rings. The van der Waals surface area contributed by atoms with Gasteiger partial charge in [-0.25, -0.2) is 0 Å². The molecule has 0 unspecified atom stereocenters. The molecule has 1 aliphatic carbocycles. The zero-order valence-electron chi connectivity index (χ0n) is 25.9. The highest BCUT2D eigenvalue weighted by atomic mass is 16.3. The molecule has 0 saturated heterocycles. The normalized spacial score (nSPS) is 12.8. The number of hydrogen-bond acceptors (Lipinski definition) is 2. The van der Waals surface area contributed by atoms with Crippen LogP contribution >= 0.6 is 0 Å². The largest absolute Gasteiger partial charge is 0.456 e. The van der Waals surface area contributed by atoms with Crippen molar-refractivity contribution in [3.8, 4) is 11.1 Å². The van der Waals surface area contributed by atoms with E-state index in [1.165, 1.54) is 60.5 Å². The van der Waals surface area contributed by atoms with E-state index in [0.29, 0.717) is 0 Å². The zero-order valence-corrected chi connectivity index (χ0v) is 25.9. The summed E-state index contributed by atoms with van der Waals surface area (Å²) in [6.07, 6.45) is 0. The van der Waals surface area contributed by atoms with Gasteiger partial charge in [-0.15, -0.1) is 0 Å². The van der Waals surface area contributed by atoms with Crippen molar-refractivity contribution < 1.29 is 8.83 Å². The number of hydrogen-bond donors (Lipinski definition) is 0. The van der Waals surface area contributed by atoms with E-state index in [1.54, 1.807) is 0 Å². The molecule has 2 heterocycles. The second-order valence-electron chi connectivity index (χ2n) is 12.4. The van der Waals surface area contributed by atoms with Crippen LogP contribution in [0.3, 0.4) is 0 Å². The Morgan fingerprint density at radius 3 is 1.66 bits per heavy atom. The van der Waals surface area contributed by atoms with Crippen molar-refractivity contribution in [1.82, 2.24) is 0 Å². The highest BCUT2D eigenvalue weighted by Gasteiger charge is 2.34. The number of aryl methyl sites for hydroxylation is 3. The second kappa shape index (κ2) is 10.9. The van der Waals surface area contributed by atoms with E-state index >= 15 is 0 Å². The third kappa shape index (κ3) is 4.87. The molecule has 0 aliphatic heterocycles. The van der Waals surface area contributed by atoms with Crippen LogP contribution < -0.4 is 0 Å². The first kappa shape index (κ1) is 27.7. The fraction of sp³-hybridized carbons (Fsp3) is 0.143. The fourth-order valence-corrected chi connectivity index (χ4v) is 6.49. The lowest BCUT2D eigenvalue weighted by molar-refractivity contribution is 0.660. The van der Waals surface area contributed by atoms with Crippen molar-refractivity contribution in [1.29, 1.82) is 0 Å². The molecule has 0 amide bonds. The van der Waals surface area contributed by atoms with Crippen LogP contribution in [0.15, 0.2) is 136 Å². The van der Waals surface area contributed by atoms with Gasteiger partial charge in [0.2, 0.25) is 0 Å². The van der Waals surface area contributed by atoms with Gasteiger partial charge in [0, 0.05) is 27.0 Å². The Balaban J connectivity index is 0.000000107. The van der Waals surface area contributed by atoms with E-state index < -0.39 is 0 Å². The van der Waals surface area contributed by atoms with Gasteiger partial charge in [-0.1, -0.05) is 122 Å². The molecule has 9 rings (SSSR count). The lowest BCUT2D eigenvalue weighted by atomic mass is 9.82. The Labute approximate surface area is 258 Å². The first-order chi connectivity index (χ1) is 21.3. The van der Waals surface area contributed by atoms with Crippen molar-refractivity contribution in [3.05, 3.63) is 155 Å². The van der Waals surface area contributed by atoms with Crippen LogP contribution in [0.4, 0.5) is 0 Å². The predicted molar refractivity (Wildman–Crippen MR) is 186 cm³/mol. The van der Waals surface area contributed by atoms with Gasteiger partial charge in [-0.05, 0) is 78.9 Å². The van der Waals surface area contributed by atoms with Gasteiger partial charge < -0.3 is 8.83 Å². The molecule has 216 valence electrons. The van der Waals surface area contributed by atoms with Crippen molar-refractivity contribution in [3.63, 3.8) is 0 Å². The van der Waals surface area contributed by atoms with E-state index in [-0.39, 0.29) is 5.41 Å². The summed E-state index contributed by atoms with van der Waals surface area (Å²) in [6.45, 7) is 11.0. The van der Waals surface area contributed by atoms with E-state index in [9.17, 15) is 0 Å². The smallest absolute Gasteiger partial charge is 0.135 e. The van der Waals surface area contributed by atoms with Crippen molar-refractivity contribution >= 4 is 43.9 Å². The summed E-state index contributed by atoms with van der Waals surface area (Å²) in [7, 11) is 0. The van der Waals surface area contributed by atoms with Crippen molar-refractivity contribution in [2.75, 3.05) is 0 Å². The molecule has 2 heteroatoms. The minimum atomic E-state index is 0.151. The fourth-order valence-electron chi connectivity index (χ4n) is 6.49. The number of fused-ring (bicyclic) bond motifs is 9. The minimum absolute atomic E-state index is 0.151. The van der Waals surface area contributed by atoms with Crippen LogP contribution in [0, 0.1) is 20.8 Å². The summed E-state index contributed by atoms with van der Waals surface area (Å²) in [5.74, 6) is 0. The first-order valence-corrected chi connectivity index (χ1v) is 15.3. The molecule has 6 aromatic carbocycles. The van der Waals surface area contributed by atoms with Crippen LogP contribution in [-0.2, 0) is 5.41 Å². The maximum absolute atomic E-state index is 5.73. The van der Waals surface area contributed by atoms with Gasteiger partial charge in [-0.2, -0.15) is 0 Å². The molecule has 0 radical (unpaired) electrons. The van der Waals surface area contributed by atoms with Crippen LogP contribution in [0.1, 0.15) is 41.7 Å². The summed E-state index contributed by atoms with van der Waals surface area (Å²) in [4.78, 5) is 0. The van der Waals surface area contributed by atoms with Crippen molar-refractivity contribution in [2.24, 2.45) is 0 Å². The Kier molecular flexibility index (Phi) is 6.86. The molecule has 0 bridgehead atoms. The molecule has 8 aromatic rings. The molecule has 44 heavy (non-hydrogen) atoms. The van der Waals surface area contributed by atoms with Gasteiger partial charge in [0.15, 0.2) is 0 Å². The molecule has 0 N–H and O–H groups in total. The van der Waals surface area contributed by atoms with E-state index in [1.807, 2.05) is 42.5 Å². The van der Waals surface area contributed by atoms with E-state index in [2.05, 4.69) is 120 Å². The molecule has 2 aromatic heterocycles. The Morgan fingerprint density at radius 1 is 0.386 bits per heavy atom. The summed E-state index contributed by atoms with van der Waals surface area (Å²) in [6, 6.07) is 44.4. The van der Waals surface area contributed by atoms with Gasteiger partial charge in [0.05, 0.1) is 0 Å². The lowest BCUT2D eigenvalue weighted by Crippen LogP contribution is -2.14. The Morgan fingerprint density at radius 2 is 0.886 bits per heavy atom. The standard InChI is InChI=1S/C16H16.2C13H10O/c1-11-8-9-13-12-6-4-5-7-14(12)16(2,3)15(13)10-11;1-9-6-7-13-11(8-9)10-4-2-3-5-12(10)14-13;1-9-6-7-11-10-4-2-3-5-12(10)14-13(11)8-9/h4-10H,1-3H3;2*2-8H,1H3. The average molecular weight is 573 g/mol. The third-order valence-corrected chi connectivity index (χ3v) is 8.81. The molecular weight excluding hydrogens is 536 g/mol.